The summed E-state index contributed by atoms with van der Waals surface area (Å²) in [5.74, 6) is 2.52. The molecule has 0 unspecified atom stereocenters. The minimum absolute atomic E-state index is 0.00851. The van der Waals surface area contributed by atoms with Gasteiger partial charge in [0.2, 0.25) is 0 Å². The summed E-state index contributed by atoms with van der Waals surface area (Å²) < 4.78 is 21.5. The summed E-state index contributed by atoms with van der Waals surface area (Å²) in [5, 5.41) is 5.87. The Morgan fingerprint density at radius 2 is 1.94 bits per heavy atom. The van der Waals surface area contributed by atoms with Gasteiger partial charge in [0, 0.05) is 37.9 Å². The summed E-state index contributed by atoms with van der Waals surface area (Å²) in [6.07, 6.45) is 6.99. The molecule has 4 aromatic rings. The largest absolute Gasteiger partial charge is 0.450 e. The Morgan fingerprint density at radius 3 is 2.72 bits per heavy atom. The number of benzene rings is 2. The number of nitrogens with one attached hydrogen (secondary N) is 1. The lowest BCUT2D eigenvalue weighted by Crippen LogP contribution is -2.44. The molecule has 3 heterocycles. The van der Waals surface area contributed by atoms with Gasteiger partial charge in [-0.1, -0.05) is 42.3 Å². The lowest BCUT2D eigenvalue weighted by Gasteiger charge is -2.29. The number of fused-ring (bicyclic) bond motifs is 2. The SMILES string of the molecule is C#CCOc1nc(N2CCNCC2)c2cnc(-c3cccc4cccc(C)c34)c(F)c2n1. The number of ether oxygens (including phenoxy) is 1. The molecule has 2 aromatic carbocycles. The van der Waals surface area contributed by atoms with E-state index in [-0.39, 0.29) is 23.8 Å². The molecule has 6 nitrogen and oxygen atoms in total. The molecule has 1 aliphatic rings. The van der Waals surface area contributed by atoms with Crippen molar-refractivity contribution in [2.75, 3.05) is 37.7 Å². The number of nitrogens with zero attached hydrogens (tertiary/aromatic N) is 4. The van der Waals surface area contributed by atoms with E-state index in [1.54, 1.807) is 6.20 Å². The summed E-state index contributed by atoms with van der Waals surface area (Å²) in [6, 6.07) is 11.9. The van der Waals surface area contributed by atoms with E-state index in [2.05, 4.69) is 31.1 Å². The summed E-state index contributed by atoms with van der Waals surface area (Å²) >= 11 is 0. The molecule has 32 heavy (non-hydrogen) atoms. The van der Waals surface area contributed by atoms with Gasteiger partial charge in [0.05, 0.1) is 5.39 Å². The van der Waals surface area contributed by atoms with Crippen LogP contribution in [-0.2, 0) is 0 Å². The number of piperazine rings is 1. The maximum absolute atomic E-state index is 16.0. The van der Waals surface area contributed by atoms with Crippen molar-refractivity contribution in [2.24, 2.45) is 0 Å². The molecule has 1 N–H and O–H groups in total. The highest BCUT2D eigenvalue weighted by Crippen LogP contribution is 2.35. The maximum atomic E-state index is 16.0. The molecular weight excluding hydrogens is 405 g/mol. The molecule has 0 radical (unpaired) electrons. The van der Waals surface area contributed by atoms with Crippen molar-refractivity contribution in [3.63, 3.8) is 0 Å². The minimum atomic E-state index is -0.498. The number of anilines is 1. The molecule has 0 spiro atoms. The van der Waals surface area contributed by atoms with Crippen LogP contribution in [0.5, 0.6) is 6.01 Å². The predicted octanol–water partition coefficient (Wildman–Crippen LogP) is 3.71. The van der Waals surface area contributed by atoms with Crippen LogP contribution in [0.25, 0.3) is 32.9 Å². The Bertz CT molecular complexity index is 1350. The molecule has 2 aromatic heterocycles. The normalized spacial score (nSPS) is 14.0. The number of halogens is 1. The highest BCUT2D eigenvalue weighted by Gasteiger charge is 2.22. The average molecular weight is 427 g/mol. The van der Waals surface area contributed by atoms with Gasteiger partial charge in [-0.2, -0.15) is 9.97 Å². The summed E-state index contributed by atoms with van der Waals surface area (Å²) in [4.78, 5) is 15.5. The van der Waals surface area contributed by atoms with Gasteiger partial charge in [-0.3, -0.25) is 4.98 Å². The van der Waals surface area contributed by atoms with Crippen LogP contribution in [0.15, 0.2) is 42.6 Å². The van der Waals surface area contributed by atoms with E-state index in [0.29, 0.717) is 11.2 Å². The van der Waals surface area contributed by atoms with E-state index in [1.807, 2.05) is 43.3 Å². The van der Waals surface area contributed by atoms with Crippen LogP contribution >= 0.6 is 0 Å². The van der Waals surface area contributed by atoms with Crippen LogP contribution in [0.1, 0.15) is 5.56 Å². The Labute approximate surface area is 185 Å². The van der Waals surface area contributed by atoms with Gasteiger partial charge in [-0.25, -0.2) is 4.39 Å². The zero-order valence-corrected chi connectivity index (χ0v) is 17.7. The van der Waals surface area contributed by atoms with Crippen LogP contribution in [0, 0.1) is 25.1 Å². The van der Waals surface area contributed by atoms with Crippen LogP contribution < -0.4 is 15.0 Å². The Balaban J connectivity index is 1.74. The van der Waals surface area contributed by atoms with E-state index in [9.17, 15) is 0 Å². The molecule has 0 atom stereocenters. The lowest BCUT2D eigenvalue weighted by atomic mass is 9.97. The average Bonchev–Trinajstić information content (AvgIpc) is 2.83. The molecule has 1 fully saturated rings. The molecule has 5 rings (SSSR count). The van der Waals surface area contributed by atoms with Crippen molar-refractivity contribution in [3.05, 3.63) is 54.0 Å². The number of aryl methyl sites for hydroxylation is 1. The summed E-state index contributed by atoms with van der Waals surface area (Å²) in [7, 11) is 0. The first-order valence-electron chi connectivity index (χ1n) is 10.5. The smallest absolute Gasteiger partial charge is 0.320 e. The second-order valence-corrected chi connectivity index (χ2v) is 7.72. The molecule has 0 bridgehead atoms. The van der Waals surface area contributed by atoms with Crippen LogP contribution in [0.2, 0.25) is 0 Å². The fourth-order valence-corrected chi connectivity index (χ4v) is 4.22. The van der Waals surface area contributed by atoms with Gasteiger partial charge in [0.15, 0.2) is 12.4 Å². The first-order chi connectivity index (χ1) is 15.7. The van der Waals surface area contributed by atoms with Gasteiger partial charge in [0.25, 0.3) is 0 Å². The molecule has 1 saturated heterocycles. The zero-order chi connectivity index (χ0) is 22.1. The Kier molecular flexibility index (Phi) is 5.29. The van der Waals surface area contributed by atoms with Gasteiger partial charge >= 0.3 is 6.01 Å². The van der Waals surface area contributed by atoms with E-state index in [0.717, 1.165) is 48.1 Å². The highest BCUT2D eigenvalue weighted by atomic mass is 19.1. The quantitative estimate of drug-likeness (QED) is 0.501. The Morgan fingerprint density at radius 1 is 1.16 bits per heavy atom. The molecule has 1 aliphatic heterocycles. The van der Waals surface area contributed by atoms with Crippen molar-refractivity contribution in [1.82, 2.24) is 20.3 Å². The van der Waals surface area contributed by atoms with Crippen molar-refractivity contribution in [3.8, 4) is 29.6 Å². The number of hydrogen-bond acceptors (Lipinski definition) is 6. The second-order valence-electron chi connectivity index (χ2n) is 7.72. The third kappa shape index (κ3) is 3.49. The molecule has 0 saturated carbocycles. The third-order valence-corrected chi connectivity index (χ3v) is 5.71. The lowest BCUT2D eigenvalue weighted by molar-refractivity contribution is 0.341. The van der Waals surface area contributed by atoms with Crippen LogP contribution in [0.4, 0.5) is 10.2 Å². The number of aromatic nitrogens is 3. The van der Waals surface area contributed by atoms with Gasteiger partial charge in [-0.15, -0.1) is 6.42 Å². The summed E-state index contributed by atoms with van der Waals surface area (Å²) in [6.45, 7) is 5.14. The fourth-order valence-electron chi connectivity index (χ4n) is 4.22. The molecule has 0 amide bonds. The molecule has 0 aliphatic carbocycles. The Hall–Kier alpha value is -3.76. The first kappa shape index (κ1) is 20.2. The highest BCUT2D eigenvalue weighted by molar-refractivity contribution is 6.00. The van der Waals surface area contributed by atoms with Crippen LogP contribution in [0.3, 0.4) is 0 Å². The van der Waals surface area contributed by atoms with Crippen molar-refractivity contribution in [2.45, 2.75) is 6.92 Å². The van der Waals surface area contributed by atoms with Crippen molar-refractivity contribution in [1.29, 1.82) is 0 Å². The molecular formula is C25H22FN5O. The number of rotatable bonds is 4. The zero-order valence-electron chi connectivity index (χ0n) is 17.7. The van der Waals surface area contributed by atoms with E-state index in [1.165, 1.54) is 0 Å². The summed E-state index contributed by atoms with van der Waals surface area (Å²) in [5.41, 5.74) is 2.22. The maximum Gasteiger partial charge on any atom is 0.320 e. The number of terminal acetylenes is 1. The van der Waals surface area contributed by atoms with Gasteiger partial charge < -0.3 is 15.0 Å². The topological polar surface area (TPSA) is 63.2 Å². The van der Waals surface area contributed by atoms with Gasteiger partial charge in [0.1, 0.15) is 17.0 Å². The minimum Gasteiger partial charge on any atom is -0.450 e. The third-order valence-electron chi connectivity index (χ3n) is 5.71. The predicted molar refractivity (Wildman–Crippen MR) is 124 cm³/mol. The van der Waals surface area contributed by atoms with Crippen LogP contribution in [-0.4, -0.2) is 47.7 Å². The van der Waals surface area contributed by atoms with E-state index < -0.39 is 5.82 Å². The van der Waals surface area contributed by atoms with Crippen molar-refractivity contribution >= 4 is 27.5 Å². The standard InChI is InChI=1S/C25H22FN5O/c1-3-14-32-25-29-23-19(24(30-25)31-12-10-27-11-13-31)15-28-22(21(23)26)18-9-5-8-17-7-4-6-16(2)20(17)18/h1,4-9,15,27H,10-14H2,2H3. The fraction of sp³-hybridized carbons (Fsp3) is 0.240. The number of hydrogen-bond donors (Lipinski definition) is 1. The molecule has 160 valence electrons. The van der Waals surface area contributed by atoms with E-state index in [4.69, 9.17) is 11.2 Å². The van der Waals surface area contributed by atoms with Gasteiger partial charge in [-0.05, 0) is 23.3 Å². The van der Waals surface area contributed by atoms with Crippen molar-refractivity contribution < 1.29 is 9.13 Å². The number of pyridine rings is 1. The monoisotopic (exact) mass is 427 g/mol. The van der Waals surface area contributed by atoms with E-state index >= 15 is 4.39 Å². The molecule has 7 heteroatoms. The first-order valence-corrected chi connectivity index (χ1v) is 10.5. The second kappa shape index (κ2) is 8.40.